The van der Waals surface area contributed by atoms with Gasteiger partial charge in [-0.3, -0.25) is 14.5 Å². The van der Waals surface area contributed by atoms with Crippen LogP contribution in [-0.4, -0.2) is 51.8 Å². The highest BCUT2D eigenvalue weighted by molar-refractivity contribution is 6.05. The largest absolute Gasteiger partial charge is 0.445 e. The van der Waals surface area contributed by atoms with Crippen LogP contribution in [0, 0.1) is 0 Å². The summed E-state index contributed by atoms with van der Waals surface area (Å²) >= 11 is 0. The Kier molecular flexibility index (Phi) is 5.83. The van der Waals surface area contributed by atoms with Gasteiger partial charge in [0.15, 0.2) is 5.89 Å². The Morgan fingerprint density at radius 3 is 2.80 bits per heavy atom. The third-order valence-electron chi connectivity index (χ3n) is 5.53. The van der Waals surface area contributed by atoms with Gasteiger partial charge in [0.05, 0.1) is 13.0 Å². The first-order chi connectivity index (χ1) is 14.5. The van der Waals surface area contributed by atoms with E-state index in [1.165, 1.54) is 10.5 Å². The van der Waals surface area contributed by atoms with Crippen molar-refractivity contribution < 1.29 is 18.8 Å². The van der Waals surface area contributed by atoms with E-state index in [0.29, 0.717) is 44.8 Å². The average molecular weight is 410 g/mol. The van der Waals surface area contributed by atoms with Crippen LogP contribution in [0.1, 0.15) is 42.7 Å². The normalized spacial score (nSPS) is 18.5. The van der Waals surface area contributed by atoms with Crippen molar-refractivity contribution in [2.75, 3.05) is 13.1 Å². The Morgan fingerprint density at radius 2 is 2.03 bits per heavy atom. The van der Waals surface area contributed by atoms with Crippen molar-refractivity contribution in [3.05, 3.63) is 53.2 Å². The highest BCUT2D eigenvalue weighted by atomic mass is 16.4. The van der Waals surface area contributed by atoms with Crippen LogP contribution in [0.2, 0.25) is 0 Å². The van der Waals surface area contributed by atoms with E-state index in [-0.39, 0.29) is 18.2 Å². The van der Waals surface area contributed by atoms with Crippen molar-refractivity contribution in [3.8, 4) is 0 Å². The molecule has 1 atom stereocenters. The SMILES string of the molecule is CCCN1C(=O)NC(CC(=O)N2CCc3oc(CCc4ccccc4)nc3C2)C1=O. The van der Waals surface area contributed by atoms with Gasteiger partial charge < -0.3 is 14.6 Å². The van der Waals surface area contributed by atoms with Gasteiger partial charge in [0.1, 0.15) is 17.5 Å². The van der Waals surface area contributed by atoms with E-state index >= 15 is 0 Å². The first-order valence-corrected chi connectivity index (χ1v) is 10.5. The lowest BCUT2D eigenvalue weighted by Gasteiger charge is -2.26. The number of nitrogens with zero attached hydrogens (tertiary/aromatic N) is 3. The lowest BCUT2D eigenvalue weighted by molar-refractivity contribution is -0.136. The number of aromatic nitrogens is 1. The van der Waals surface area contributed by atoms with E-state index < -0.39 is 12.1 Å². The number of imide groups is 1. The fourth-order valence-electron chi connectivity index (χ4n) is 3.92. The number of hydrogen-bond donors (Lipinski definition) is 1. The number of aryl methyl sites for hydroxylation is 2. The molecule has 2 aromatic rings. The van der Waals surface area contributed by atoms with Crippen LogP contribution >= 0.6 is 0 Å². The highest BCUT2D eigenvalue weighted by Gasteiger charge is 2.39. The molecule has 1 aromatic carbocycles. The van der Waals surface area contributed by atoms with Crippen LogP contribution in [0.3, 0.4) is 0 Å². The fourth-order valence-corrected chi connectivity index (χ4v) is 3.92. The third-order valence-corrected chi connectivity index (χ3v) is 5.53. The smallest absolute Gasteiger partial charge is 0.324 e. The number of benzene rings is 1. The molecule has 30 heavy (non-hydrogen) atoms. The molecule has 0 aliphatic carbocycles. The summed E-state index contributed by atoms with van der Waals surface area (Å²) in [6.45, 7) is 3.16. The van der Waals surface area contributed by atoms with E-state index in [1.807, 2.05) is 25.1 Å². The molecule has 1 aromatic heterocycles. The summed E-state index contributed by atoms with van der Waals surface area (Å²) in [4.78, 5) is 44.5. The first-order valence-electron chi connectivity index (χ1n) is 10.5. The summed E-state index contributed by atoms with van der Waals surface area (Å²) < 4.78 is 5.89. The number of nitrogens with one attached hydrogen (secondary N) is 1. The van der Waals surface area contributed by atoms with Crippen molar-refractivity contribution in [1.29, 1.82) is 0 Å². The number of urea groups is 1. The molecular weight excluding hydrogens is 384 g/mol. The molecular formula is C22H26N4O4. The maximum absolute atomic E-state index is 12.7. The number of carbonyl (C=O) groups is 3. The summed E-state index contributed by atoms with van der Waals surface area (Å²) in [7, 11) is 0. The zero-order valence-electron chi connectivity index (χ0n) is 17.1. The molecule has 8 heteroatoms. The standard InChI is InChI=1S/C22H26N4O4/c1-2-11-26-21(28)16(24-22(26)29)13-20(27)25-12-10-18-17(14-25)23-19(30-18)9-8-15-6-4-3-5-7-15/h3-7,16H,2,8-14H2,1H3,(H,24,29). The molecule has 2 aliphatic rings. The van der Waals surface area contributed by atoms with Crippen molar-refractivity contribution >= 4 is 17.8 Å². The van der Waals surface area contributed by atoms with Crippen LogP contribution in [-0.2, 0) is 35.4 Å². The van der Waals surface area contributed by atoms with Crippen LogP contribution in [0.5, 0.6) is 0 Å². The Labute approximate surface area is 175 Å². The highest BCUT2D eigenvalue weighted by Crippen LogP contribution is 2.22. The average Bonchev–Trinajstić information content (AvgIpc) is 3.28. The summed E-state index contributed by atoms with van der Waals surface area (Å²) in [5.74, 6) is 1.04. The van der Waals surface area contributed by atoms with E-state index in [4.69, 9.17) is 4.42 Å². The summed E-state index contributed by atoms with van der Waals surface area (Å²) in [6, 6.07) is 8.97. The van der Waals surface area contributed by atoms with E-state index in [0.717, 1.165) is 17.9 Å². The molecule has 158 valence electrons. The lowest BCUT2D eigenvalue weighted by atomic mass is 10.1. The second kappa shape index (κ2) is 8.69. The molecule has 0 radical (unpaired) electrons. The number of hydrogen-bond acceptors (Lipinski definition) is 5. The zero-order valence-corrected chi connectivity index (χ0v) is 17.1. The topological polar surface area (TPSA) is 95.8 Å². The van der Waals surface area contributed by atoms with Gasteiger partial charge in [-0.2, -0.15) is 0 Å². The van der Waals surface area contributed by atoms with E-state index in [2.05, 4.69) is 22.4 Å². The third kappa shape index (κ3) is 4.22. The lowest BCUT2D eigenvalue weighted by Crippen LogP contribution is -2.41. The molecule has 0 spiro atoms. The minimum Gasteiger partial charge on any atom is -0.445 e. The first kappa shape index (κ1) is 20.1. The van der Waals surface area contributed by atoms with Gasteiger partial charge in [0.2, 0.25) is 5.91 Å². The Bertz CT molecular complexity index is 940. The molecule has 0 saturated carbocycles. The quantitative estimate of drug-likeness (QED) is 0.705. The van der Waals surface area contributed by atoms with Gasteiger partial charge in [-0.25, -0.2) is 9.78 Å². The van der Waals surface area contributed by atoms with Crippen molar-refractivity contribution in [1.82, 2.24) is 20.1 Å². The Balaban J connectivity index is 1.34. The molecule has 0 bridgehead atoms. The van der Waals surface area contributed by atoms with Crippen LogP contribution < -0.4 is 5.32 Å². The predicted octanol–water partition coefficient (Wildman–Crippen LogP) is 2.06. The monoisotopic (exact) mass is 410 g/mol. The Morgan fingerprint density at radius 1 is 1.23 bits per heavy atom. The minimum absolute atomic E-state index is 0.0289. The van der Waals surface area contributed by atoms with Crippen molar-refractivity contribution in [3.63, 3.8) is 0 Å². The number of oxazole rings is 1. The predicted molar refractivity (Wildman–Crippen MR) is 108 cm³/mol. The number of amides is 4. The molecule has 4 amide bonds. The van der Waals surface area contributed by atoms with Crippen LogP contribution in [0.4, 0.5) is 4.79 Å². The maximum Gasteiger partial charge on any atom is 0.324 e. The fraction of sp³-hybridized carbons (Fsp3) is 0.455. The van der Waals surface area contributed by atoms with E-state index in [9.17, 15) is 14.4 Å². The van der Waals surface area contributed by atoms with Gasteiger partial charge in [-0.1, -0.05) is 37.3 Å². The molecule has 3 heterocycles. The number of carbonyl (C=O) groups excluding carboxylic acids is 3. The van der Waals surface area contributed by atoms with Gasteiger partial charge in [-0.15, -0.1) is 0 Å². The van der Waals surface area contributed by atoms with Crippen LogP contribution in [0.25, 0.3) is 0 Å². The molecule has 1 saturated heterocycles. The molecule has 2 aliphatic heterocycles. The summed E-state index contributed by atoms with van der Waals surface area (Å²) in [6.07, 6.45) is 2.82. The van der Waals surface area contributed by atoms with Crippen molar-refractivity contribution in [2.24, 2.45) is 0 Å². The zero-order chi connectivity index (χ0) is 21.1. The van der Waals surface area contributed by atoms with Gasteiger partial charge >= 0.3 is 6.03 Å². The van der Waals surface area contributed by atoms with Gasteiger partial charge in [0.25, 0.3) is 5.91 Å². The minimum atomic E-state index is -0.781. The molecule has 1 N–H and O–H groups in total. The second-order valence-electron chi connectivity index (χ2n) is 7.72. The van der Waals surface area contributed by atoms with Gasteiger partial charge in [-0.05, 0) is 18.4 Å². The maximum atomic E-state index is 12.7. The molecule has 1 fully saturated rings. The summed E-state index contributed by atoms with van der Waals surface area (Å²) in [5, 5.41) is 2.62. The molecule has 8 nitrogen and oxygen atoms in total. The molecule has 4 rings (SSSR count). The van der Waals surface area contributed by atoms with E-state index in [1.54, 1.807) is 4.90 Å². The second-order valence-corrected chi connectivity index (χ2v) is 7.72. The number of fused-ring (bicyclic) bond motifs is 1. The summed E-state index contributed by atoms with van der Waals surface area (Å²) in [5.41, 5.74) is 2.01. The van der Waals surface area contributed by atoms with Crippen molar-refractivity contribution in [2.45, 2.75) is 51.6 Å². The van der Waals surface area contributed by atoms with Gasteiger partial charge in [0, 0.05) is 25.9 Å². The number of rotatable bonds is 7. The molecule has 1 unspecified atom stereocenters. The Hall–Kier alpha value is -3.16. The van der Waals surface area contributed by atoms with Crippen LogP contribution in [0.15, 0.2) is 34.7 Å².